The number of carbonyl (C=O) groups is 2. The summed E-state index contributed by atoms with van der Waals surface area (Å²) in [6.45, 7) is 0.323. The van der Waals surface area contributed by atoms with Crippen LogP contribution in [0.4, 0.5) is 8.78 Å². The first kappa shape index (κ1) is 21.5. The summed E-state index contributed by atoms with van der Waals surface area (Å²) in [5, 5.41) is 4.08. The average molecular weight is 454 g/mol. The van der Waals surface area contributed by atoms with E-state index in [-0.39, 0.29) is 46.2 Å². The molecule has 1 saturated carbocycles. The van der Waals surface area contributed by atoms with Crippen molar-refractivity contribution in [2.45, 2.75) is 44.6 Å². The quantitative estimate of drug-likeness (QED) is 0.587. The summed E-state index contributed by atoms with van der Waals surface area (Å²) >= 11 is 0. The van der Waals surface area contributed by atoms with E-state index in [0.29, 0.717) is 24.3 Å². The Morgan fingerprint density at radius 3 is 2.79 bits per heavy atom. The minimum Gasteiger partial charge on any atom is -0.496 e. The fraction of sp³-hybridized carbons (Fsp3) is 0.417. The number of carbonyl (C=O) groups excluding carboxylic acids is 2. The molecule has 0 N–H and O–H groups in total. The van der Waals surface area contributed by atoms with Crippen molar-refractivity contribution in [1.82, 2.24) is 19.5 Å². The highest BCUT2D eigenvalue weighted by Crippen LogP contribution is 2.36. The number of likely N-dealkylation sites (tertiary alicyclic amines) is 1. The first-order chi connectivity index (χ1) is 16.0. The van der Waals surface area contributed by atoms with Gasteiger partial charge >= 0.3 is 0 Å². The number of halogens is 2. The summed E-state index contributed by atoms with van der Waals surface area (Å²) < 4.78 is 34.3. The van der Waals surface area contributed by atoms with Crippen LogP contribution in [0.1, 0.15) is 54.6 Å². The number of para-hydroxylation sites is 1. The van der Waals surface area contributed by atoms with Gasteiger partial charge in [-0.25, -0.2) is 18.3 Å². The topological polar surface area (TPSA) is 76.8 Å². The molecule has 1 amide bonds. The number of aromatic nitrogens is 3. The second-order valence-electron chi connectivity index (χ2n) is 8.53. The maximum absolute atomic E-state index is 14.0. The standard InChI is InChI=1S/C24H24F2N4O3/c1-33-21-9-5-3-6-14(21)17-12-19(22(25)26)30-23(28-17)16(13-27-30)24(32)29-11-10-20(31)15-7-2-4-8-18(15)29/h3,5-6,9,12-13,15,18,22H,2,4,7-8,10-11H2,1H3/t15-,18+/m0/s1. The van der Waals surface area contributed by atoms with Crippen molar-refractivity contribution >= 4 is 17.3 Å². The normalized spacial score (nSPS) is 20.8. The van der Waals surface area contributed by atoms with Crippen LogP contribution >= 0.6 is 0 Å². The Morgan fingerprint density at radius 2 is 2.00 bits per heavy atom. The van der Waals surface area contributed by atoms with Gasteiger partial charge < -0.3 is 9.64 Å². The van der Waals surface area contributed by atoms with Crippen molar-refractivity contribution in [2.24, 2.45) is 5.92 Å². The molecule has 9 heteroatoms. The Morgan fingerprint density at radius 1 is 1.21 bits per heavy atom. The molecule has 2 aliphatic rings. The van der Waals surface area contributed by atoms with Crippen LogP contribution in [-0.2, 0) is 4.79 Å². The maximum Gasteiger partial charge on any atom is 0.280 e. The van der Waals surface area contributed by atoms with Gasteiger partial charge in [-0.05, 0) is 31.0 Å². The number of rotatable bonds is 4. The fourth-order valence-corrected chi connectivity index (χ4v) is 5.14. The molecule has 3 aromatic rings. The Labute approximate surface area is 189 Å². The van der Waals surface area contributed by atoms with Gasteiger partial charge in [0.15, 0.2) is 5.65 Å². The van der Waals surface area contributed by atoms with Crippen LogP contribution in [0.15, 0.2) is 36.5 Å². The first-order valence-corrected chi connectivity index (χ1v) is 11.1. The largest absolute Gasteiger partial charge is 0.496 e. The molecule has 2 aromatic heterocycles. The van der Waals surface area contributed by atoms with E-state index in [1.165, 1.54) is 19.4 Å². The Balaban J connectivity index is 1.61. The number of ether oxygens (including phenoxy) is 1. The van der Waals surface area contributed by atoms with Crippen LogP contribution < -0.4 is 4.74 Å². The Hall–Kier alpha value is -3.36. The Bertz CT molecular complexity index is 1230. The molecule has 0 unspecified atom stereocenters. The third-order valence-electron chi connectivity index (χ3n) is 6.74. The zero-order chi connectivity index (χ0) is 23.1. The molecule has 0 spiro atoms. The highest BCUT2D eigenvalue weighted by atomic mass is 19.3. The molecule has 33 heavy (non-hydrogen) atoms. The molecule has 172 valence electrons. The number of hydrogen-bond acceptors (Lipinski definition) is 5. The van der Waals surface area contributed by atoms with Crippen molar-refractivity contribution in [3.05, 3.63) is 47.8 Å². The number of ketones is 1. The molecule has 0 bridgehead atoms. The van der Waals surface area contributed by atoms with Crippen LogP contribution in [0.3, 0.4) is 0 Å². The van der Waals surface area contributed by atoms with Gasteiger partial charge in [-0.2, -0.15) is 5.10 Å². The lowest BCUT2D eigenvalue weighted by Crippen LogP contribution is -2.53. The van der Waals surface area contributed by atoms with Gasteiger partial charge in [0.05, 0.1) is 19.0 Å². The van der Waals surface area contributed by atoms with Gasteiger partial charge in [0.2, 0.25) is 0 Å². The molecule has 2 atom stereocenters. The number of fused-ring (bicyclic) bond motifs is 2. The van der Waals surface area contributed by atoms with Crippen molar-refractivity contribution in [3.63, 3.8) is 0 Å². The zero-order valence-electron chi connectivity index (χ0n) is 18.2. The van der Waals surface area contributed by atoms with Crippen molar-refractivity contribution in [3.8, 4) is 17.0 Å². The van der Waals surface area contributed by atoms with Crippen LogP contribution in [0.25, 0.3) is 16.9 Å². The number of methoxy groups -OCH3 is 1. The lowest BCUT2D eigenvalue weighted by atomic mass is 9.77. The van der Waals surface area contributed by atoms with Gasteiger partial charge in [-0.3, -0.25) is 9.59 Å². The molecule has 1 aromatic carbocycles. The summed E-state index contributed by atoms with van der Waals surface area (Å²) in [7, 11) is 1.50. The summed E-state index contributed by atoms with van der Waals surface area (Å²) in [4.78, 5) is 32.3. The number of alkyl halides is 2. The predicted octanol–water partition coefficient (Wildman–Crippen LogP) is 4.32. The van der Waals surface area contributed by atoms with E-state index < -0.39 is 6.43 Å². The van der Waals surface area contributed by atoms with E-state index in [2.05, 4.69) is 10.1 Å². The van der Waals surface area contributed by atoms with Crippen molar-refractivity contribution in [1.29, 1.82) is 0 Å². The van der Waals surface area contributed by atoms with Crippen LogP contribution in [-0.4, -0.2) is 50.9 Å². The molecule has 0 radical (unpaired) electrons. The maximum atomic E-state index is 14.0. The number of hydrogen-bond donors (Lipinski definition) is 0. The molecule has 5 rings (SSSR count). The van der Waals surface area contributed by atoms with Gasteiger partial charge in [-0.15, -0.1) is 0 Å². The van der Waals surface area contributed by atoms with Gasteiger partial charge in [0.1, 0.15) is 22.8 Å². The van der Waals surface area contributed by atoms with E-state index in [1.807, 2.05) is 0 Å². The molecule has 1 aliphatic carbocycles. The van der Waals surface area contributed by atoms with Crippen molar-refractivity contribution in [2.75, 3.05) is 13.7 Å². The molecular formula is C24H24F2N4O3. The average Bonchev–Trinajstić information content (AvgIpc) is 3.27. The third kappa shape index (κ3) is 3.65. The lowest BCUT2D eigenvalue weighted by Gasteiger charge is -2.43. The van der Waals surface area contributed by atoms with E-state index >= 15 is 0 Å². The number of benzene rings is 1. The minimum atomic E-state index is -2.82. The van der Waals surface area contributed by atoms with Crippen LogP contribution in [0.5, 0.6) is 5.75 Å². The van der Waals surface area contributed by atoms with E-state index in [1.54, 1.807) is 29.2 Å². The second-order valence-corrected chi connectivity index (χ2v) is 8.53. The predicted molar refractivity (Wildman–Crippen MR) is 116 cm³/mol. The monoisotopic (exact) mass is 454 g/mol. The summed E-state index contributed by atoms with van der Waals surface area (Å²) in [6, 6.07) is 8.11. The highest BCUT2D eigenvalue weighted by molar-refractivity contribution is 6.01. The summed E-state index contributed by atoms with van der Waals surface area (Å²) in [5.74, 6) is 0.230. The molecule has 7 nitrogen and oxygen atoms in total. The second kappa shape index (κ2) is 8.53. The van der Waals surface area contributed by atoms with E-state index in [4.69, 9.17) is 4.74 Å². The van der Waals surface area contributed by atoms with Gasteiger partial charge in [0.25, 0.3) is 12.3 Å². The number of amides is 1. The fourth-order valence-electron chi connectivity index (χ4n) is 5.14. The highest BCUT2D eigenvalue weighted by Gasteiger charge is 2.41. The zero-order valence-corrected chi connectivity index (χ0v) is 18.2. The van der Waals surface area contributed by atoms with Gasteiger partial charge in [0, 0.05) is 30.5 Å². The van der Waals surface area contributed by atoms with E-state index in [0.717, 1.165) is 30.2 Å². The first-order valence-electron chi connectivity index (χ1n) is 11.1. The van der Waals surface area contributed by atoms with Crippen molar-refractivity contribution < 1.29 is 23.1 Å². The SMILES string of the molecule is COc1ccccc1-c1cc(C(F)F)n2ncc(C(=O)N3CCC(=O)[C@H]4CCCC[C@H]43)c2n1. The number of Topliss-reactive ketones (excluding diaryl/α,β-unsaturated/α-hetero) is 1. The minimum absolute atomic E-state index is 0.0722. The molecular weight excluding hydrogens is 430 g/mol. The number of nitrogens with zero attached hydrogens (tertiary/aromatic N) is 4. The lowest BCUT2D eigenvalue weighted by molar-refractivity contribution is -0.129. The summed E-state index contributed by atoms with van der Waals surface area (Å²) in [5.41, 5.74) is 0.689. The smallest absolute Gasteiger partial charge is 0.280 e. The summed E-state index contributed by atoms with van der Waals surface area (Å²) in [6.07, 6.45) is 2.29. The molecule has 3 heterocycles. The van der Waals surface area contributed by atoms with E-state index in [9.17, 15) is 18.4 Å². The molecule has 2 fully saturated rings. The third-order valence-corrected chi connectivity index (χ3v) is 6.74. The van der Waals surface area contributed by atoms with Crippen LogP contribution in [0, 0.1) is 5.92 Å². The number of piperidine rings is 1. The van der Waals surface area contributed by atoms with Gasteiger partial charge in [-0.1, -0.05) is 25.0 Å². The van der Waals surface area contributed by atoms with Crippen LogP contribution in [0.2, 0.25) is 0 Å². The Kier molecular flexibility index (Phi) is 5.55. The molecule has 1 saturated heterocycles. The molecule has 1 aliphatic heterocycles.